The van der Waals surface area contributed by atoms with Gasteiger partial charge in [0.25, 0.3) is 0 Å². The molecule has 0 N–H and O–H groups in total. The Morgan fingerprint density at radius 2 is 1.61 bits per heavy atom. The molecular formula is C30H42O6. The summed E-state index contributed by atoms with van der Waals surface area (Å²) in [6, 6.07) is 20.6. The molecule has 2 aromatic carbocycles. The third-order valence-electron chi connectivity index (χ3n) is 6.89. The smallest absolute Gasteiger partial charge is 0.162 e. The lowest BCUT2D eigenvalue weighted by molar-refractivity contribution is -0.172. The van der Waals surface area contributed by atoms with E-state index >= 15 is 0 Å². The summed E-state index contributed by atoms with van der Waals surface area (Å²) in [7, 11) is 5.06. The van der Waals surface area contributed by atoms with Crippen LogP contribution in [0.2, 0.25) is 0 Å². The van der Waals surface area contributed by atoms with Gasteiger partial charge < -0.3 is 28.4 Å². The van der Waals surface area contributed by atoms with Crippen molar-refractivity contribution in [2.24, 2.45) is 11.8 Å². The zero-order valence-electron chi connectivity index (χ0n) is 22.5. The third kappa shape index (κ3) is 7.72. The highest BCUT2D eigenvalue weighted by Gasteiger charge is 2.47. The van der Waals surface area contributed by atoms with Gasteiger partial charge in [-0.1, -0.05) is 80.6 Å². The highest BCUT2D eigenvalue weighted by atomic mass is 16.7. The summed E-state index contributed by atoms with van der Waals surface area (Å²) in [5, 5.41) is 0. The maximum atomic E-state index is 6.43. The molecule has 0 unspecified atom stereocenters. The second-order valence-electron chi connectivity index (χ2n) is 9.55. The zero-order valence-corrected chi connectivity index (χ0v) is 22.5. The van der Waals surface area contributed by atoms with Crippen molar-refractivity contribution in [3.05, 3.63) is 83.4 Å². The largest absolute Gasteiger partial charge is 0.381 e. The second kappa shape index (κ2) is 14.6. The van der Waals surface area contributed by atoms with Crippen molar-refractivity contribution in [1.29, 1.82) is 0 Å². The Morgan fingerprint density at radius 1 is 0.972 bits per heavy atom. The van der Waals surface area contributed by atoms with Gasteiger partial charge in [-0.15, -0.1) is 0 Å². The highest BCUT2D eigenvalue weighted by Crippen LogP contribution is 2.35. The molecule has 6 heteroatoms. The molecule has 0 aliphatic carbocycles. The minimum atomic E-state index is -0.376. The van der Waals surface area contributed by atoms with E-state index in [9.17, 15) is 0 Å². The second-order valence-corrected chi connectivity index (χ2v) is 9.55. The number of hydrogen-bond acceptors (Lipinski definition) is 6. The standard InChI is InChI=1S/C30H42O6/c1-21(26(32-5)18-24-13-9-7-10-14-24)17-22(2)27(35-20-31-4)29-28(23(3)30(33-6)36-29)34-19-25-15-11-8-12-16-25/h7-17,21,23,26-30H,18-20H2,1-6H3/b22-17+/t21-,23-,26-,27+,28-,29+,30-/m0/s1. The molecule has 1 heterocycles. The lowest BCUT2D eigenvalue weighted by Gasteiger charge is -2.30. The number of methoxy groups -OCH3 is 3. The Kier molecular flexibility index (Phi) is 11.6. The van der Waals surface area contributed by atoms with Crippen LogP contribution in [0.25, 0.3) is 0 Å². The van der Waals surface area contributed by atoms with E-state index in [2.05, 4.69) is 63.2 Å². The fraction of sp³-hybridized carbons (Fsp3) is 0.533. The number of hydrogen-bond donors (Lipinski definition) is 0. The Labute approximate surface area is 216 Å². The van der Waals surface area contributed by atoms with Gasteiger partial charge in [0, 0.05) is 33.2 Å². The monoisotopic (exact) mass is 498 g/mol. The minimum absolute atomic E-state index is 0.0331. The van der Waals surface area contributed by atoms with Crippen LogP contribution in [0.5, 0.6) is 0 Å². The van der Waals surface area contributed by atoms with Gasteiger partial charge in [0.1, 0.15) is 19.0 Å². The Morgan fingerprint density at radius 3 is 2.19 bits per heavy atom. The molecule has 1 aliphatic rings. The van der Waals surface area contributed by atoms with Gasteiger partial charge in [-0.05, 0) is 30.0 Å². The molecular weight excluding hydrogens is 456 g/mol. The van der Waals surface area contributed by atoms with Gasteiger partial charge in [-0.25, -0.2) is 0 Å². The molecule has 7 atom stereocenters. The third-order valence-corrected chi connectivity index (χ3v) is 6.89. The van der Waals surface area contributed by atoms with Crippen molar-refractivity contribution < 1.29 is 28.4 Å². The Bertz CT molecular complexity index is 902. The quantitative estimate of drug-likeness (QED) is 0.257. The van der Waals surface area contributed by atoms with Crippen LogP contribution in [0.1, 0.15) is 31.9 Å². The van der Waals surface area contributed by atoms with E-state index in [1.165, 1.54) is 5.56 Å². The van der Waals surface area contributed by atoms with Gasteiger partial charge in [0.2, 0.25) is 0 Å². The molecule has 1 aliphatic heterocycles. The maximum absolute atomic E-state index is 6.43. The first-order valence-electron chi connectivity index (χ1n) is 12.7. The fourth-order valence-corrected chi connectivity index (χ4v) is 4.91. The average molecular weight is 499 g/mol. The summed E-state index contributed by atoms with van der Waals surface area (Å²) >= 11 is 0. The van der Waals surface area contributed by atoms with Crippen molar-refractivity contribution >= 4 is 0 Å². The first-order valence-corrected chi connectivity index (χ1v) is 12.7. The molecule has 6 nitrogen and oxygen atoms in total. The van der Waals surface area contributed by atoms with Gasteiger partial charge in [0.05, 0.1) is 18.8 Å². The lowest BCUT2D eigenvalue weighted by Crippen LogP contribution is -2.41. The van der Waals surface area contributed by atoms with Crippen LogP contribution in [0.15, 0.2) is 72.3 Å². The normalized spacial score (nSPS) is 25.0. The summed E-state index contributed by atoms with van der Waals surface area (Å²) in [5.41, 5.74) is 3.42. The van der Waals surface area contributed by atoms with Crippen LogP contribution in [0, 0.1) is 11.8 Å². The van der Waals surface area contributed by atoms with E-state index in [1.807, 2.05) is 24.3 Å². The summed E-state index contributed by atoms with van der Waals surface area (Å²) in [4.78, 5) is 0. The van der Waals surface area contributed by atoms with Crippen LogP contribution < -0.4 is 0 Å². The van der Waals surface area contributed by atoms with E-state index in [0.717, 1.165) is 17.6 Å². The number of rotatable bonds is 14. The molecule has 198 valence electrons. The molecule has 0 radical (unpaired) electrons. The van der Waals surface area contributed by atoms with Crippen LogP contribution in [0.4, 0.5) is 0 Å². The summed E-state index contributed by atoms with van der Waals surface area (Å²) in [5.74, 6) is 0.192. The van der Waals surface area contributed by atoms with Crippen molar-refractivity contribution in [1.82, 2.24) is 0 Å². The van der Waals surface area contributed by atoms with Gasteiger partial charge in [-0.2, -0.15) is 0 Å². The van der Waals surface area contributed by atoms with Crippen LogP contribution in [0.3, 0.4) is 0 Å². The maximum Gasteiger partial charge on any atom is 0.162 e. The van der Waals surface area contributed by atoms with Gasteiger partial charge in [0.15, 0.2) is 6.29 Å². The predicted octanol–water partition coefficient (Wildman–Crippen LogP) is 5.41. The Balaban J connectivity index is 1.79. The first-order chi connectivity index (χ1) is 17.5. The van der Waals surface area contributed by atoms with Crippen molar-refractivity contribution in [2.75, 3.05) is 28.1 Å². The molecule has 3 rings (SSSR count). The van der Waals surface area contributed by atoms with E-state index in [0.29, 0.717) is 6.61 Å². The van der Waals surface area contributed by atoms with E-state index in [4.69, 9.17) is 28.4 Å². The van der Waals surface area contributed by atoms with Gasteiger partial charge >= 0.3 is 0 Å². The Hall–Kier alpha value is -2.06. The number of benzene rings is 2. The van der Waals surface area contributed by atoms with Crippen LogP contribution in [-0.4, -0.2) is 58.8 Å². The molecule has 36 heavy (non-hydrogen) atoms. The van der Waals surface area contributed by atoms with E-state index in [1.54, 1.807) is 21.3 Å². The molecule has 0 amide bonds. The predicted molar refractivity (Wildman–Crippen MR) is 140 cm³/mol. The summed E-state index contributed by atoms with van der Waals surface area (Å²) in [6.07, 6.45) is 1.80. The van der Waals surface area contributed by atoms with Crippen molar-refractivity contribution in [3.8, 4) is 0 Å². The summed E-state index contributed by atoms with van der Waals surface area (Å²) in [6.45, 7) is 6.99. The van der Waals surface area contributed by atoms with E-state index < -0.39 is 0 Å². The van der Waals surface area contributed by atoms with Crippen molar-refractivity contribution in [2.45, 2.75) is 64.5 Å². The zero-order chi connectivity index (χ0) is 25.9. The molecule has 0 aromatic heterocycles. The topological polar surface area (TPSA) is 55.4 Å². The minimum Gasteiger partial charge on any atom is -0.381 e. The molecule has 1 saturated heterocycles. The molecule has 1 fully saturated rings. The fourth-order valence-electron chi connectivity index (χ4n) is 4.91. The average Bonchev–Trinajstić information content (AvgIpc) is 3.22. The van der Waals surface area contributed by atoms with Crippen molar-refractivity contribution in [3.63, 3.8) is 0 Å². The number of ether oxygens (including phenoxy) is 6. The lowest BCUT2D eigenvalue weighted by atomic mass is 9.91. The van der Waals surface area contributed by atoms with E-state index in [-0.39, 0.29) is 49.3 Å². The molecule has 0 spiro atoms. The van der Waals surface area contributed by atoms with Crippen LogP contribution in [-0.2, 0) is 41.4 Å². The molecule has 2 aromatic rings. The molecule has 0 bridgehead atoms. The molecule has 0 saturated carbocycles. The first kappa shape index (κ1) is 28.5. The SMILES string of the molecule is COCO[C@H](/C(C)=C/[C@H](C)[C@H](Cc1ccccc1)OC)[C@H]1O[C@H](OC)[C@@H](C)[C@@H]1OCc1ccccc1. The summed E-state index contributed by atoms with van der Waals surface area (Å²) < 4.78 is 35.8. The van der Waals surface area contributed by atoms with Gasteiger partial charge in [-0.3, -0.25) is 0 Å². The highest BCUT2D eigenvalue weighted by molar-refractivity contribution is 5.18. The van der Waals surface area contributed by atoms with Crippen LogP contribution >= 0.6 is 0 Å².